The zero-order chi connectivity index (χ0) is 24.2. The van der Waals surface area contributed by atoms with Gasteiger partial charge in [0.25, 0.3) is 0 Å². The topological polar surface area (TPSA) is 91.2 Å². The number of benzene rings is 3. The summed E-state index contributed by atoms with van der Waals surface area (Å²) >= 11 is 0. The smallest absolute Gasteiger partial charge is 0.338 e. The standard InChI is InChI=1S/C27H25N5O3/c1-18-11-13-21(14-12-18)16-34-23-10-6-9-22(15-23)25-24(19(2)28-27-29-30-31-32(25)27)26(33)35-17-20-7-4-3-5-8-20/h3-15,25H,16-17H2,1-2H3,(H,28,29,31). The summed E-state index contributed by atoms with van der Waals surface area (Å²) in [5.41, 5.74) is 5.08. The van der Waals surface area contributed by atoms with Gasteiger partial charge in [-0.25, -0.2) is 4.79 Å². The molecule has 0 saturated heterocycles. The van der Waals surface area contributed by atoms with E-state index in [1.54, 1.807) is 4.68 Å². The SMILES string of the molecule is CC1=C(C(=O)OCc2ccccc2)C(c2cccc(OCc3ccc(C)cc3)c2)n2nnnc2N1. The number of anilines is 1. The first kappa shape index (κ1) is 22.3. The highest BCUT2D eigenvalue weighted by Gasteiger charge is 2.35. The van der Waals surface area contributed by atoms with Crippen LogP contribution in [0.3, 0.4) is 0 Å². The van der Waals surface area contributed by atoms with Crippen LogP contribution in [-0.4, -0.2) is 26.2 Å². The minimum Gasteiger partial charge on any atom is -0.489 e. The maximum absolute atomic E-state index is 13.3. The fourth-order valence-electron chi connectivity index (χ4n) is 4.01. The molecular formula is C27H25N5O3. The molecule has 0 radical (unpaired) electrons. The van der Waals surface area contributed by atoms with E-state index >= 15 is 0 Å². The van der Waals surface area contributed by atoms with Gasteiger partial charge in [-0.15, -0.1) is 0 Å². The summed E-state index contributed by atoms with van der Waals surface area (Å²) in [5.74, 6) is 0.708. The highest BCUT2D eigenvalue weighted by Crippen LogP contribution is 2.36. The molecule has 8 heteroatoms. The molecule has 1 atom stereocenters. The van der Waals surface area contributed by atoms with Crippen molar-refractivity contribution >= 4 is 11.9 Å². The molecule has 4 aromatic rings. The summed E-state index contributed by atoms with van der Waals surface area (Å²) in [4.78, 5) is 13.3. The molecule has 0 fully saturated rings. The highest BCUT2D eigenvalue weighted by molar-refractivity contribution is 5.92. The van der Waals surface area contributed by atoms with Crippen molar-refractivity contribution in [1.82, 2.24) is 20.2 Å². The molecule has 1 aliphatic heterocycles. The summed E-state index contributed by atoms with van der Waals surface area (Å²) in [5, 5.41) is 15.1. The number of tetrazole rings is 1. The summed E-state index contributed by atoms with van der Waals surface area (Å²) in [6.07, 6.45) is 0. The van der Waals surface area contributed by atoms with E-state index in [-0.39, 0.29) is 6.61 Å². The zero-order valence-corrected chi connectivity index (χ0v) is 19.5. The quantitative estimate of drug-likeness (QED) is 0.398. The summed E-state index contributed by atoms with van der Waals surface area (Å²) in [7, 11) is 0. The number of ether oxygens (including phenoxy) is 2. The number of carbonyl (C=O) groups excluding carboxylic acids is 1. The van der Waals surface area contributed by atoms with Gasteiger partial charge in [0.2, 0.25) is 5.95 Å². The van der Waals surface area contributed by atoms with Gasteiger partial charge < -0.3 is 14.8 Å². The van der Waals surface area contributed by atoms with Crippen molar-refractivity contribution in [3.8, 4) is 5.75 Å². The lowest BCUT2D eigenvalue weighted by atomic mass is 9.95. The zero-order valence-electron chi connectivity index (χ0n) is 19.5. The molecule has 1 aromatic heterocycles. The van der Waals surface area contributed by atoms with Crippen LogP contribution in [-0.2, 0) is 22.7 Å². The predicted molar refractivity (Wildman–Crippen MR) is 130 cm³/mol. The Bertz CT molecular complexity index is 1360. The molecule has 5 rings (SSSR count). The van der Waals surface area contributed by atoms with Crippen molar-refractivity contribution in [2.75, 3.05) is 5.32 Å². The van der Waals surface area contributed by atoms with Crippen LogP contribution >= 0.6 is 0 Å². The normalized spacial score (nSPS) is 14.7. The van der Waals surface area contributed by atoms with Crippen LogP contribution in [0.1, 0.15) is 35.2 Å². The van der Waals surface area contributed by atoms with E-state index in [0.29, 0.717) is 29.6 Å². The van der Waals surface area contributed by atoms with Crippen molar-refractivity contribution in [2.24, 2.45) is 0 Å². The first-order valence-corrected chi connectivity index (χ1v) is 11.3. The lowest BCUT2D eigenvalue weighted by Crippen LogP contribution is -2.29. The summed E-state index contributed by atoms with van der Waals surface area (Å²) in [6, 6.07) is 24.9. The third-order valence-electron chi connectivity index (χ3n) is 5.85. The molecule has 2 heterocycles. The number of hydrogen-bond acceptors (Lipinski definition) is 7. The Balaban J connectivity index is 1.41. The molecular weight excluding hydrogens is 442 g/mol. The Morgan fingerprint density at radius 1 is 0.943 bits per heavy atom. The second-order valence-electron chi connectivity index (χ2n) is 8.42. The van der Waals surface area contributed by atoms with E-state index in [2.05, 4.69) is 39.9 Å². The number of nitrogens with one attached hydrogen (secondary N) is 1. The second kappa shape index (κ2) is 9.80. The number of nitrogens with zero attached hydrogens (tertiary/aromatic N) is 4. The molecule has 1 aliphatic rings. The molecule has 0 amide bonds. The van der Waals surface area contributed by atoms with Gasteiger partial charge in [-0.1, -0.05) is 77.4 Å². The van der Waals surface area contributed by atoms with Gasteiger partial charge in [0, 0.05) is 5.70 Å². The van der Waals surface area contributed by atoms with Gasteiger partial charge in [0.1, 0.15) is 25.0 Å². The van der Waals surface area contributed by atoms with E-state index in [9.17, 15) is 4.79 Å². The molecule has 1 N–H and O–H groups in total. The third kappa shape index (κ3) is 4.91. The molecule has 176 valence electrons. The second-order valence-corrected chi connectivity index (χ2v) is 8.42. The van der Waals surface area contributed by atoms with Crippen LogP contribution in [0, 0.1) is 6.92 Å². The number of rotatable bonds is 7. The third-order valence-corrected chi connectivity index (χ3v) is 5.85. The Hall–Kier alpha value is -4.46. The van der Waals surface area contributed by atoms with Crippen LogP contribution in [0.25, 0.3) is 0 Å². The molecule has 35 heavy (non-hydrogen) atoms. The van der Waals surface area contributed by atoms with Gasteiger partial charge in [0.05, 0.1) is 5.57 Å². The number of fused-ring (bicyclic) bond motifs is 1. The molecule has 0 spiro atoms. The van der Waals surface area contributed by atoms with Gasteiger partial charge in [-0.2, -0.15) is 4.68 Å². The average Bonchev–Trinajstić information content (AvgIpc) is 3.35. The Labute approximate surface area is 203 Å². The average molecular weight is 468 g/mol. The van der Waals surface area contributed by atoms with Gasteiger partial charge in [-0.3, -0.25) is 0 Å². The number of esters is 1. The Morgan fingerprint density at radius 2 is 1.71 bits per heavy atom. The van der Waals surface area contributed by atoms with Crippen molar-refractivity contribution in [3.05, 3.63) is 112 Å². The molecule has 8 nitrogen and oxygen atoms in total. The fraction of sp³-hybridized carbons (Fsp3) is 0.185. The fourth-order valence-corrected chi connectivity index (χ4v) is 4.01. The van der Waals surface area contributed by atoms with E-state index in [0.717, 1.165) is 16.7 Å². The lowest BCUT2D eigenvalue weighted by Gasteiger charge is -2.27. The number of allylic oxidation sites excluding steroid dienone is 1. The highest BCUT2D eigenvalue weighted by atomic mass is 16.5. The minimum absolute atomic E-state index is 0.172. The predicted octanol–water partition coefficient (Wildman–Crippen LogP) is 4.59. The van der Waals surface area contributed by atoms with Crippen molar-refractivity contribution < 1.29 is 14.3 Å². The largest absolute Gasteiger partial charge is 0.489 e. The van der Waals surface area contributed by atoms with Crippen molar-refractivity contribution in [3.63, 3.8) is 0 Å². The van der Waals surface area contributed by atoms with Crippen LogP contribution in [0.15, 0.2) is 90.1 Å². The Kier molecular flexibility index (Phi) is 6.26. The summed E-state index contributed by atoms with van der Waals surface area (Å²) < 4.78 is 13.3. The molecule has 1 unspecified atom stereocenters. The van der Waals surface area contributed by atoms with Crippen LogP contribution < -0.4 is 10.1 Å². The van der Waals surface area contributed by atoms with Gasteiger partial charge >= 0.3 is 5.97 Å². The van der Waals surface area contributed by atoms with E-state index < -0.39 is 12.0 Å². The van der Waals surface area contributed by atoms with Crippen LogP contribution in [0.5, 0.6) is 5.75 Å². The minimum atomic E-state index is -0.563. The number of carbonyl (C=O) groups is 1. The molecule has 0 bridgehead atoms. The molecule has 3 aromatic carbocycles. The van der Waals surface area contributed by atoms with E-state index in [1.165, 1.54) is 5.56 Å². The van der Waals surface area contributed by atoms with Crippen molar-refractivity contribution in [1.29, 1.82) is 0 Å². The maximum Gasteiger partial charge on any atom is 0.338 e. The van der Waals surface area contributed by atoms with E-state index in [4.69, 9.17) is 9.47 Å². The van der Waals surface area contributed by atoms with Crippen LogP contribution in [0.4, 0.5) is 5.95 Å². The lowest BCUT2D eigenvalue weighted by molar-refractivity contribution is -0.140. The first-order valence-electron chi connectivity index (χ1n) is 11.3. The first-order chi connectivity index (χ1) is 17.1. The van der Waals surface area contributed by atoms with E-state index in [1.807, 2.05) is 73.7 Å². The van der Waals surface area contributed by atoms with Gasteiger partial charge in [0.15, 0.2) is 0 Å². The number of aryl methyl sites for hydroxylation is 1. The summed E-state index contributed by atoms with van der Waals surface area (Å²) in [6.45, 7) is 4.48. The maximum atomic E-state index is 13.3. The van der Waals surface area contributed by atoms with Crippen LogP contribution in [0.2, 0.25) is 0 Å². The molecule has 0 aliphatic carbocycles. The Morgan fingerprint density at radius 3 is 2.51 bits per heavy atom. The monoisotopic (exact) mass is 467 g/mol. The van der Waals surface area contributed by atoms with Gasteiger partial charge in [-0.05, 0) is 53.1 Å². The number of hydrogen-bond donors (Lipinski definition) is 1. The molecule has 0 saturated carbocycles. The van der Waals surface area contributed by atoms with Crippen molar-refractivity contribution in [2.45, 2.75) is 33.1 Å². The number of aromatic nitrogens is 4.